The molecule has 11 heteroatoms. The quantitative estimate of drug-likeness (QED) is 0.210. The minimum Gasteiger partial charge on any atom is -0.465 e. The Balaban J connectivity index is 2.08. The summed E-state index contributed by atoms with van der Waals surface area (Å²) >= 11 is 0. The number of nitrogens with zero attached hydrogens (tertiary/aromatic N) is 4. The van der Waals surface area contributed by atoms with Crippen LogP contribution >= 0.6 is 0 Å². The molecule has 0 bridgehead atoms. The van der Waals surface area contributed by atoms with Crippen molar-refractivity contribution < 1.29 is 28.6 Å². The van der Waals surface area contributed by atoms with Gasteiger partial charge in [0.25, 0.3) is 5.41 Å². The first kappa shape index (κ1) is 25.0. The van der Waals surface area contributed by atoms with E-state index in [1.54, 1.807) is 34.1 Å². The van der Waals surface area contributed by atoms with Gasteiger partial charge in [0.05, 0.1) is 26.1 Å². The number of hydrogen-bond acceptors (Lipinski definition) is 10. The van der Waals surface area contributed by atoms with E-state index in [9.17, 15) is 14.4 Å². The van der Waals surface area contributed by atoms with Gasteiger partial charge in [0.1, 0.15) is 11.8 Å². The Hall–Kier alpha value is -3.24. The van der Waals surface area contributed by atoms with Crippen LogP contribution < -0.4 is 5.32 Å². The number of aromatic nitrogens is 4. The van der Waals surface area contributed by atoms with Crippen LogP contribution in [0.2, 0.25) is 0 Å². The number of anilines is 1. The standard InChI is InChI=1S/C21H31N5O6/c1-5-30-18(27)21(19(28)31-6-2,20(29)32-7-3)11-9-8-10-12-26-14-25-15-16(22-4)23-13-24-17(15)26/h13-14H,5-12H2,1-4H3,(H,22,23,24). The van der Waals surface area contributed by atoms with Gasteiger partial charge in [-0.2, -0.15) is 0 Å². The zero-order valence-electron chi connectivity index (χ0n) is 19.0. The molecular weight excluding hydrogens is 418 g/mol. The van der Waals surface area contributed by atoms with Gasteiger partial charge in [-0.1, -0.05) is 12.8 Å². The summed E-state index contributed by atoms with van der Waals surface area (Å²) in [5, 5.41) is 2.98. The highest BCUT2D eigenvalue weighted by atomic mass is 16.6. The van der Waals surface area contributed by atoms with Gasteiger partial charge in [0, 0.05) is 13.6 Å². The highest BCUT2D eigenvalue weighted by Crippen LogP contribution is 2.31. The highest BCUT2D eigenvalue weighted by molar-refractivity contribution is 6.17. The fraction of sp³-hybridized carbons (Fsp3) is 0.619. The second-order valence-corrected chi connectivity index (χ2v) is 6.96. The number of ether oxygens (including phenoxy) is 3. The maximum atomic E-state index is 12.7. The zero-order chi connectivity index (χ0) is 23.6. The molecule has 1 N–H and O–H groups in total. The largest absolute Gasteiger partial charge is 0.465 e. The first-order chi connectivity index (χ1) is 15.5. The van der Waals surface area contributed by atoms with Crippen LogP contribution in [0.25, 0.3) is 11.2 Å². The van der Waals surface area contributed by atoms with Gasteiger partial charge < -0.3 is 24.1 Å². The van der Waals surface area contributed by atoms with Gasteiger partial charge in [0.15, 0.2) is 11.5 Å². The molecule has 0 saturated carbocycles. The smallest absolute Gasteiger partial charge is 0.335 e. The number of esters is 3. The molecule has 2 heterocycles. The van der Waals surface area contributed by atoms with Crippen molar-refractivity contribution in [3.05, 3.63) is 12.7 Å². The molecule has 176 valence electrons. The molecule has 0 aromatic carbocycles. The number of rotatable bonds is 13. The summed E-state index contributed by atoms with van der Waals surface area (Å²) in [5.41, 5.74) is -0.720. The third-order valence-corrected chi connectivity index (χ3v) is 4.96. The van der Waals surface area contributed by atoms with Crippen LogP contribution in [0, 0.1) is 5.41 Å². The van der Waals surface area contributed by atoms with Gasteiger partial charge in [-0.25, -0.2) is 15.0 Å². The van der Waals surface area contributed by atoms with Gasteiger partial charge in [0.2, 0.25) is 0 Å². The lowest BCUT2D eigenvalue weighted by Gasteiger charge is -2.27. The lowest BCUT2D eigenvalue weighted by atomic mass is 9.82. The van der Waals surface area contributed by atoms with Crippen LogP contribution in [0.4, 0.5) is 5.82 Å². The van der Waals surface area contributed by atoms with Crippen molar-refractivity contribution in [1.29, 1.82) is 0 Å². The Morgan fingerprint density at radius 1 is 0.906 bits per heavy atom. The maximum absolute atomic E-state index is 12.7. The van der Waals surface area contributed by atoms with Gasteiger partial charge in [-0.15, -0.1) is 0 Å². The molecule has 0 amide bonds. The molecule has 0 aliphatic heterocycles. The van der Waals surface area contributed by atoms with Crippen LogP contribution in [0.1, 0.15) is 46.5 Å². The topological polar surface area (TPSA) is 135 Å². The Bertz CT molecular complexity index is 883. The van der Waals surface area contributed by atoms with Crippen molar-refractivity contribution >= 4 is 34.9 Å². The number of nitrogens with one attached hydrogen (secondary N) is 1. The first-order valence-corrected chi connectivity index (χ1v) is 10.8. The van der Waals surface area contributed by atoms with E-state index in [1.807, 2.05) is 4.57 Å². The van der Waals surface area contributed by atoms with Crippen molar-refractivity contribution in [3.63, 3.8) is 0 Å². The fourth-order valence-corrected chi connectivity index (χ4v) is 3.40. The van der Waals surface area contributed by atoms with E-state index in [1.165, 1.54) is 6.33 Å². The molecule has 0 spiro atoms. The van der Waals surface area contributed by atoms with Crippen molar-refractivity contribution in [1.82, 2.24) is 19.5 Å². The number of carbonyl (C=O) groups excluding carboxylic acids is 3. The molecule has 2 aromatic rings. The molecule has 0 radical (unpaired) electrons. The minimum absolute atomic E-state index is 0.0313. The predicted molar refractivity (Wildman–Crippen MR) is 116 cm³/mol. The van der Waals surface area contributed by atoms with E-state index in [0.717, 1.165) is 6.42 Å². The van der Waals surface area contributed by atoms with E-state index in [4.69, 9.17) is 14.2 Å². The SMILES string of the molecule is CCOC(=O)C(CCCCCn1cnc2c(NC)ncnc21)(C(=O)OCC)C(=O)OCC. The lowest BCUT2D eigenvalue weighted by Crippen LogP contribution is -2.49. The predicted octanol–water partition coefficient (Wildman–Crippen LogP) is 2.10. The Morgan fingerprint density at radius 2 is 1.50 bits per heavy atom. The summed E-state index contributed by atoms with van der Waals surface area (Å²) in [4.78, 5) is 50.9. The number of aryl methyl sites for hydroxylation is 1. The normalized spacial score (nSPS) is 11.2. The summed E-state index contributed by atoms with van der Waals surface area (Å²) < 4.78 is 17.1. The summed E-state index contributed by atoms with van der Waals surface area (Å²) in [7, 11) is 1.77. The summed E-state index contributed by atoms with van der Waals surface area (Å²) in [6, 6.07) is 0. The number of imidazole rings is 1. The molecule has 0 saturated heterocycles. The Labute approximate surface area is 186 Å². The minimum atomic E-state index is -2.11. The molecule has 2 aromatic heterocycles. The molecule has 2 rings (SSSR count). The van der Waals surface area contributed by atoms with Crippen LogP contribution in [-0.2, 0) is 35.1 Å². The third-order valence-electron chi connectivity index (χ3n) is 4.96. The first-order valence-electron chi connectivity index (χ1n) is 10.8. The number of hydrogen-bond donors (Lipinski definition) is 1. The Morgan fingerprint density at radius 3 is 2.03 bits per heavy atom. The average molecular weight is 450 g/mol. The number of fused-ring (bicyclic) bond motifs is 1. The summed E-state index contributed by atoms with van der Waals surface area (Å²) in [6.45, 7) is 5.55. The van der Waals surface area contributed by atoms with Crippen molar-refractivity contribution in [2.75, 3.05) is 32.2 Å². The van der Waals surface area contributed by atoms with Crippen LogP contribution in [-0.4, -0.2) is 64.3 Å². The van der Waals surface area contributed by atoms with Gasteiger partial charge in [-0.3, -0.25) is 14.4 Å². The Kier molecular flexibility index (Phi) is 9.36. The summed E-state index contributed by atoms with van der Waals surface area (Å²) in [6.07, 6.45) is 4.89. The van der Waals surface area contributed by atoms with E-state index in [2.05, 4.69) is 20.3 Å². The van der Waals surface area contributed by atoms with E-state index < -0.39 is 23.3 Å². The summed E-state index contributed by atoms with van der Waals surface area (Å²) in [5.74, 6) is -2.16. The molecular formula is C21H31N5O6. The highest BCUT2D eigenvalue weighted by Gasteiger charge is 2.56. The monoisotopic (exact) mass is 449 g/mol. The second-order valence-electron chi connectivity index (χ2n) is 6.96. The molecule has 0 aliphatic rings. The molecule has 0 unspecified atom stereocenters. The molecule has 0 atom stereocenters. The molecule has 32 heavy (non-hydrogen) atoms. The molecule has 0 fully saturated rings. The number of carbonyl (C=O) groups is 3. The second kappa shape index (κ2) is 12.0. The molecule has 11 nitrogen and oxygen atoms in total. The van der Waals surface area contributed by atoms with Crippen LogP contribution in [0.5, 0.6) is 0 Å². The van der Waals surface area contributed by atoms with Crippen molar-refractivity contribution in [3.8, 4) is 0 Å². The van der Waals surface area contributed by atoms with Crippen molar-refractivity contribution in [2.24, 2.45) is 5.41 Å². The average Bonchev–Trinajstić information content (AvgIpc) is 3.20. The van der Waals surface area contributed by atoms with E-state index in [-0.39, 0.29) is 26.2 Å². The van der Waals surface area contributed by atoms with Gasteiger partial charge in [-0.05, 0) is 33.6 Å². The van der Waals surface area contributed by atoms with Crippen LogP contribution in [0.15, 0.2) is 12.7 Å². The van der Waals surface area contributed by atoms with Crippen molar-refractivity contribution in [2.45, 2.75) is 53.0 Å². The van der Waals surface area contributed by atoms with Gasteiger partial charge >= 0.3 is 17.9 Å². The number of unbranched alkanes of at least 4 members (excludes halogenated alkanes) is 2. The molecule has 0 aliphatic carbocycles. The maximum Gasteiger partial charge on any atom is 0.335 e. The lowest BCUT2D eigenvalue weighted by molar-refractivity contribution is -0.184. The third kappa shape index (κ3) is 5.32. The zero-order valence-corrected chi connectivity index (χ0v) is 19.0. The van der Waals surface area contributed by atoms with Crippen LogP contribution in [0.3, 0.4) is 0 Å². The fourth-order valence-electron chi connectivity index (χ4n) is 3.40. The van der Waals surface area contributed by atoms with E-state index in [0.29, 0.717) is 36.4 Å². The van der Waals surface area contributed by atoms with E-state index >= 15 is 0 Å².